The Hall–Kier alpha value is -1.21. The second-order valence-corrected chi connectivity index (χ2v) is 4.56. The molecule has 16 heavy (non-hydrogen) atoms. The van der Waals surface area contributed by atoms with E-state index in [9.17, 15) is 10.1 Å². The third kappa shape index (κ3) is 2.00. The smallest absolute Gasteiger partial charge is 0.288 e. The molecule has 0 aliphatic carbocycles. The van der Waals surface area contributed by atoms with Crippen LogP contribution >= 0.6 is 15.9 Å². The van der Waals surface area contributed by atoms with Crippen molar-refractivity contribution in [1.82, 2.24) is 4.98 Å². The fraction of sp³-hybridized carbons (Fsp3) is 0.444. The lowest BCUT2D eigenvalue weighted by molar-refractivity contribution is -0.385. The third-order valence-electron chi connectivity index (χ3n) is 2.53. The van der Waals surface area contributed by atoms with E-state index < -0.39 is 4.92 Å². The average molecular weight is 288 g/mol. The summed E-state index contributed by atoms with van der Waals surface area (Å²) in [7, 11) is 0. The van der Waals surface area contributed by atoms with Crippen LogP contribution in [0.25, 0.3) is 0 Å². The predicted octanol–water partition coefficient (Wildman–Crippen LogP) is 1.18. The van der Waals surface area contributed by atoms with Crippen molar-refractivity contribution in [2.45, 2.75) is 0 Å². The van der Waals surface area contributed by atoms with Gasteiger partial charge in [-0.3, -0.25) is 10.1 Å². The molecule has 0 aromatic carbocycles. The molecule has 1 aliphatic rings. The number of pyridine rings is 1. The number of hydrogen-bond acceptors (Lipinski definition) is 5. The Kier molecular flexibility index (Phi) is 3.06. The lowest BCUT2D eigenvalue weighted by Gasteiger charge is -2.39. The first-order chi connectivity index (χ1) is 7.61. The third-order valence-corrected chi connectivity index (χ3v) is 3.12. The molecule has 1 aromatic heterocycles. The molecule has 1 saturated heterocycles. The second-order valence-electron chi connectivity index (χ2n) is 3.71. The maximum Gasteiger partial charge on any atom is 0.288 e. The molecule has 0 bridgehead atoms. The number of aliphatic hydroxyl groups excluding tert-OH is 1. The van der Waals surface area contributed by atoms with Crippen molar-refractivity contribution in [3.05, 3.63) is 26.9 Å². The van der Waals surface area contributed by atoms with Gasteiger partial charge in [-0.25, -0.2) is 4.98 Å². The number of rotatable bonds is 3. The van der Waals surface area contributed by atoms with Gasteiger partial charge in [-0.15, -0.1) is 0 Å². The van der Waals surface area contributed by atoms with Crippen LogP contribution in [-0.4, -0.2) is 34.7 Å². The Morgan fingerprint density at radius 2 is 2.38 bits per heavy atom. The van der Waals surface area contributed by atoms with Crippen LogP contribution in [0.1, 0.15) is 0 Å². The van der Waals surface area contributed by atoms with Crippen LogP contribution in [0.5, 0.6) is 0 Å². The summed E-state index contributed by atoms with van der Waals surface area (Å²) in [5, 5.41) is 19.4. The summed E-state index contributed by atoms with van der Waals surface area (Å²) in [6.07, 6.45) is 1.24. The zero-order chi connectivity index (χ0) is 11.7. The summed E-state index contributed by atoms with van der Waals surface area (Å²) in [6, 6.07) is 1.44. The molecule has 0 atom stereocenters. The van der Waals surface area contributed by atoms with Gasteiger partial charge < -0.3 is 10.0 Å². The molecule has 7 heteroatoms. The summed E-state index contributed by atoms with van der Waals surface area (Å²) < 4.78 is 0.609. The van der Waals surface area contributed by atoms with Crippen molar-refractivity contribution < 1.29 is 10.0 Å². The van der Waals surface area contributed by atoms with Crippen molar-refractivity contribution in [1.29, 1.82) is 0 Å². The summed E-state index contributed by atoms with van der Waals surface area (Å²) in [6.45, 7) is 1.64. The van der Waals surface area contributed by atoms with Crippen molar-refractivity contribution in [3.8, 4) is 0 Å². The van der Waals surface area contributed by atoms with E-state index in [0.717, 1.165) is 13.1 Å². The highest BCUT2D eigenvalue weighted by molar-refractivity contribution is 9.10. The largest absolute Gasteiger partial charge is 0.396 e. The fourth-order valence-electron chi connectivity index (χ4n) is 1.61. The molecule has 1 N–H and O–H groups in total. The van der Waals surface area contributed by atoms with Crippen LogP contribution in [0.3, 0.4) is 0 Å². The molecule has 0 saturated carbocycles. The van der Waals surface area contributed by atoms with Crippen molar-refractivity contribution in [3.63, 3.8) is 0 Å². The summed E-state index contributed by atoms with van der Waals surface area (Å²) in [5.41, 5.74) is -0.0325. The highest BCUT2D eigenvalue weighted by Crippen LogP contribution is 2.31. The van der Waals surface area contributed by atoms with E-state index in [1.807, 2.05) is 4.90 Å². The summed E-state index contributed by atoms with van der Waals surface area (Å²) in [4.78, 5) is 16.0. The van der Waals surface area contributed by atoms with E-state index in [1.165, 1.54) is 12.3 Å². The Bertz CT molecular complexity index is 420. The molecule has 2 heterocycles. The number of aromatic nitrogens is 1. The van der Waals surface area contributed by atoms with Crippen molar-refractivity contribution in [2.75, 3.05) is 24.6 Å². The minimum Gasteiger partial charge on any atom is -0.396 e. The van der Waals surface area contributed by atoms with Gasteiger partial charge in [-0.05, 0) is 15.9 Å². The molecule has 0 amide bonds. The van der Waals surface area contributed by atoms with Gasteiger partial charge in [0, 0.05) is 31.7 Å². The van der Waals surface area contributed by atoms with Crippen LogP contribution in [-0.2, 0) is 0 Å². The molecular weight excluding hydrogens is 278 g/mol. The predicted molar refractivity (Wildman–Crippen MR) is 61.4 cm³/mol. The number of halogens is 1. The van der Waals surface area contributed by atoms with Gasteiger partial charge in [-0.1, -0.05) is 0 Å². The number of hydrogen-bond donors (Lipinski definition) is 1. The number of anilines is 1. The first kappa shape index (κ1) is 11.3. The highest BCUT2D eigenvalue weighted by Gasteiger charge is 2.28. The lowest BCUT2D eigenvalue weighted by atomic mass is 10.0. The van der Waals surface area contributed by atoms with E-state index in [4.69, 9.17) is 5.11 Å². The molecule has 2 rings (SSSR count). The molecule has 1 aromatic rings. The van der Waals surface area contributed by atoms with E-state index in [2.05, 4.69) is 20.9 Å². The first-order valence-corrected chi connectivity index (χ1v) is 5.57. The van der Waals surface area contributed by atoms with Gasteiger partial charge in [0.1, 0.15) is 12.0 Å². The number of nitro groups is 1. The first-order valence-electron chi connectivity index (χ1n) is 4.77. The van der Waals surface area contributed by atoms with E-state index in [0.29, 0.717) is 10.3 Å². The Labute approximate surface area is 100 Å². The molecule has 0 spiro atoms. The maximum absolute atomic E-state index is 10.5. The quantitative estimate of drug-likeness (QED) is 0.667. The van der Waals surface area contributed by atoms with Crippen molar-refractivity contribution >= 4 is 27.4 Å². The minimum atomic E-state index is -0.478. The molecule has 1 aliphatic heterocycles. The maximum atomic E-state index is 10.5. The van der Waals surface area contributed by atoms with Crippen LogP contribution < -0.4 is 4.90 Å². The molecule has 0 radical (unpaired) electrons. The molecular formula is C9H10BrN3O3. The Morgan fingerprint density at radius 1 is 1.69 bits per heavy atom. The normalized spacial score (nSPS) is 16.0. The minimum absolute atomic E-state index is 0.0325. The van der Waals surface area contributed by atoms with Gasteiger partial charge in [-0.2, -0.15) is 0 Å². The molecule has 6 nitrogen and oxygen atoms in total. The number of nitrogens with zero attached hydrogens (tertiary/aromatic N) is 3. The Balaban J connectivity index is 2.15. The monoisotopic (exact) mass is 287 g/mol. The van der Waals surface area contributed by atoms with Crippen LogP contribution in [0.2, 0.25) is 0 Å². The van der Waals surface area contributed by atoms with Crippen LogP contribution in [0.15, 0.2) is 16.7 Å². The zero-order valence-corrected chi connectivity index (χ0v) is 9.92. The standard InChI is InChI=1S/C9H10BrN3O3/c10-8-1-7(13(15)16)2-11-9(8)12-3-6(4-12)5-14/h1-2,6,14H,3-5H2. The van der Waals surface area contributed by atoms with Crippen LogP contribution in [0, 0.1) is 16.0 Å². The average Bonchev–Trinajstić information content (AvgIpc) is 2.18. The van der Waals surface area contributed by atoms with E-state index in [1.54, 1.807) is 0 Å². The summed E-state index contributed by atoms with van der Waals surface area (Å²) in [5.74, 6) is 0.971. The number of aliphatic hydroxyl groups is 1. The lowest BCUT2D eigenvalue weighted by Crippen LogP contribution is -2.48. The van der Waals surface area contributed by atoms with Gasteiger partial charge in [0.05, 0.1) is 9.40 Å². The van der Waals surface area contributed by atoms with Gasteiger partial charge in [0.2, 0.25) is 0 Å². The molecule has 1 fully saturated rings. The topological polar surface area (TPSA) is 79.5 Å². The van der Waals surface area contributed by atoms with E-state index in [-0.39, 0.29) is 18.2 Å². The highest BCUT2D eigenvalue weighted by atomic mass is 79.9. The Morgan fingerprint density at radius 3 is 2.88 bits per heavy atom. The molecule has 0 unspecified atom stereocenters. The van der Waals surface area contributed by atoms with Crippen molar-refractivity contribution in [2.24, 2.45) is 5.92 Å². The SMILES string of the molecule is O=[N+]([O-])c1cnc(N2CC(CO)C2)c(Br)c1. The van der Waals surface area contributed by atoms with Crippen LogP contribution in [0.4, 0.5) is 11.5 Å². The fourth-order valence-corrected chi connectivity index (χ4v) is 2.20. The van der Waals surface area contributed by atoms with E-state index >= 15 is 0 Å². The van der Waals surface area contributed by atoms with Gasteiger partial charge in [0.25, 0.3) is 5.69 Å². The molecule has 86 valence electrons. The second kappa shape index (κ2) is 4.34. The zero-order valence-electron chi connectivity index (χ0n) is 8.34. The van der Waals surface area contributed by atoms with Gasteiger partial charge in [0.15, 0.2) is 0 Å². The van der Waals surface area contributed by atoms with Gasteiger partial charge >= 0.3 is 0 Å². The summed E-state index contributed by atoms with van der Waals surface area (Å²) >= 11 is 3.26.